The molecule has 0 fully saturated rings. The predicted molar refractivity (Wildman–Crippen MR) is 115 cm³/mol. The SMILES string of the molecule is C=C(C(=N)C/C=C(\N=C/N)N1CCc2oncc2C1)/C(N)=C\C(F)=C(/C)OC(C)C. The first-order valence-electron chi connectivity index (χ1n) is 9.62. The Morgan fingerprint density at radius 2 is 2.27 bits per heavy atom. The van der Waals surface area contributed by atoms with E-state index in [2.05, 4.69) is 16.7 Å². The molecular formula is C21H29FN6O2. The average molecular weight is 417 g/mol. The number of nitrogens with zero attached hydrogens (tertiary/aromatic N) is 3. The van der Waals surface area contributed by atoms with E-state index in [1.165, 1.54) is 13.3 Å². The third-order valence-electron chi connectivity index (χ3n) is 4.46. The van der Waals surface area contributed by atoms with Crippen molar-refractivity contribution in [3.8, 4) is 0 Å². The average Bonchev–Trinajstić information content (AvgIpc) is 3.17. The molecule has 0 atom stereocenters. The van der Waals surface area contributed by atoms with E-state index < -0.39 is 5.83 Å². The highest BCUT2D eigenvalue weighted by Gasteiger charge is 2.21. The molecule has 2 rings (SSSR count). The smallest absolute Gasteiger partial charge is 0.162 e. The molecule has 0 aromatic carbocycles. The Morgan fingerprint density at radius 3 is 2.93 bits per heavy atom. The van der Waals surface area contributed by atoms with Crippen LogP contribution < -0.4 is 11.5 Å². The van der Waals surface area contributed by atoms with Crippen molar-refractivity contribution in [3.63, 3.8) is 0 Å². The van der Waals surface area contributed by atoms with Gasteiger partial charge in [-0.3, -0.25) is 0 Å². The second-order valence-electron chi connectivity index (χ2n) is 7.12. The molecule has 0 aliphatic carbocycles. The van der Waals surface area contributed by atoms with Crippen LogP contribution in [-0.4, -0.2) is 34.8 Å². The zero-order chi connectivity index (χ0) is 22.3. The van der Waals surface area contributed by atoms with E-state index in [1.54, 1.807) is 26.1 Å². The zero-order valence-corrected chi connectivity index (χ0v) is 17.6. The highest BCUT2D eigenvalue weighted by Crippen LogP contribution is 2.23. The fourth-order valence-electron chi connectivity index (χ4n) is 2.90. The number of halogens is 1. The van der Waals surface area contributed by atoms with Crippen molar-refractivity contribution in [2.75, 3.05) is 6.54 Å². The number of aromatic nitrogens is 1. The first kappa shape index (κ1) is 22.9. The summed E-state index contributed by atoms with van der Waals surface area (Å²) < 4.78 is 24.7. The quantitative estimate of drug-likeness (QED) is 0.245. The molecule has 0 unspecified atom stereocenters. The molecule has 0 radical (unpaired) electrons. The molecule has 162 valence electrons. The zero-order valence-electron chi connectivity index (χ0n) is 17.6. The topological polar surface area (TPSA) is 127 Å². The fourth-order valence-corrected chi connectivity index (χ4v) is 2.90. The molecule has 1 aromatic heterocycles. The highest BCUT2D eigenvalue weighted by atomic mass is 19.1. The van der Waals surface area contributed by atoms with Gasteiger partial charge in [0.1, 0.15) is 17.3 Å². The van der Waals surface area contributed by atoms with Crippen LogP contribution in [0.5, 0.6) is 0 Å². The summed E-state index contributed by atoms with van der Waals surface area (Å²) in [5.74, 6) is 1.02. The van der Waals surface area contributed by atoms with E-state index in [0.717, 1.165) is 17.4 Å². The Labute approximate surface area is 176 Å². The van der Waals surface area contributed by atoms with Gasteiger partial charge >= 0.3 is 0 Å². The number of nitrogens with two attached hydrogens (primary N) is 2. The molecule has 5 N–H and O–H groups in total. The van der Waals surface area contributed by atoms with Gasteiger partial charge < -0.3 is 31.0 Å². The summed E-state index contributed by atoms with van der Waals surface area (Å²) in [6.45, 7) is 10.2. The van der Waals surface area contributed by atoms with Crippen LogP contribution in [0.25, 0.3) is 0 Å². The molecule has 0 saturated heterocycles. The Balaban J connectivity index is 2.08. The lowest BCUT2D eigenvalue weighted by atomic mass is 10.1. The minimum absolute atomic E-state index is 0.0635. The molecule has 9 heteroatoms. The van der Waals surface area contributed by atoms with Crippen molar-refractivity contribution in [1.82, 2.24) is 10.1 Å². The van der Waals surface area contributed by atoms with E-state index in [4.69, 9.17) is 26.1 Å². The summed E-state index contributed by atoms with van der Waals surface area (Å²) in [6, 6.07) is 0. The van der Waals surface area contributed by atoms with Gasteiger partial charge in [-0.25, -0.2) is 9.38 Å². The molecule has 0 saturated carbocycles. The van der Waals surface area contributed by atoms with E-state index in [9.17, 15) is 4.39 Å². The Kier molecular flexibility index (Phi) is 7.97. The number of fused-ring (bicyclic) bond motifs is 1. The lowest BCUT2D eigenvalue weighted by molar-refractivity contribution is 0.142. The second kappa shape index (κ2) is 10.4. The first-order valence-corrected chi connectivity index (χ1v) is 9.62. The number of allylic oxidation sites excluding steroid dienone is 5. The summed E-state index contributed by atoms with van der Waals surface area (Å²) in [7, 11) is 0. The Hall–Kier alpha value is -3.36. The number of nitrogens with one attached hydrogen (secondary N) is 1. The lowest BCUT2D eigenvalue weighted by Gasteiger charge is -2.27. The highest BCUT2D eigenvalue weighted by molar-refractivity contribution is 6.01. The number of aliphatic imine (C=N–C) groups is 1. The van der Waals surface area contributed by atoms with Crippen LogP contribution in [0.2, 0.25) is 0 Å². The summed E-state index contributed by atoms with van der Waals surface area (Å²) in [6.07, 6.45) is 6.54. The summed E-state index contributed by atoms with van der Waals surface area (Å²) in [5, 5.41) is 12.1. The molecule has 1 aromatic rings. The van der Waals surface area contributed by atoms with Gasteiger partial charge in [0, 0.05) is 54.6 Å². The number of rotatable bonds is 9. The maximum absolute atomic E-state index is 14.2. The monoisotopic (exact) mass is 416 g/mol. The Bertz CT molecular complexity index is 910. The largest absolute Gasteiger partial charge is 0.493 e. The van der Waals surface area contributed by atoms with E-state index in [0.29, 0.717) is 25.3 Å². The van der Waals surface area contributed by atoms with E-state index in [-0.39, 0.29) is 35.3 Å². The van der Waals surface area contributed by atoms with E-state index in [1.807, 2.05) is 4.90 Å². The number of ether oxygens (including phenoxy) is 1. The van der Waals surface area contributed by atoms with Crippen molar-refractivity contribution in [2.45, 2.75) is 46.3 Å². The molecular weight excluding hydrogens is 387 g/mol. The van der Waals surface area contributed by atoms with Gasteiger partial charge in [0.05, 0.1) is 18.6 Å². The van der Waals surface area contributed by atoms with Crippen LogP contribution in [-0.2, 0) is 17.7 Å². The van der Waals surface area contributed by atoms with Crippen molar-refractivity contribution in [3.05, 3.63) is 64.9 Å². The summed E-state index contributed by atoms with van der Waals surface area (Å²) in [4.78, 5) is 6.23. The minimum atomic E-state index is -0.600. The van der Waals surface area contributed by atoms with Gasteiger partial charge in [0.2, 0.25) is 0 Å². The molecule has 30 heavy (non-hydrogen) atoms. The number of hydrogen-bond donors (Lipinski definition) is 3. The Morgan fingerprint density at radius 1 is 1.53 bits per heavy atom. The fraction of sp³-hybridized carbons (Fsp3) is 0.381. The summed E-state index contributed by atoms with van der Waals surface area (Å²) >= 11 is 0. The third-order valence-corrected chi connectivity index (χ3v) is 4.46. The molecule has 0 spiro atoms. The van der Waals surface area contributed by atoms with Gasteiger partial charge in [-0.1, -0.05) is 11.7 Å². The van der Waals surface area contributed by atoms with Crippen molar-refractivity contribution in [2.24, 2.45) is 16.5 Å². The predicted octanol–water partition coefficient (Wildman–Crippen LogP) is 3.30. The second-order valence-corrected chi connectivity index (χ2v) is 7.12. The molecule has 8 nitrogen and oxygen atoms in total. The van der Waals surface area contributed by atoms with Crippen LogP contribution in [0.4, 0.5) is 4.39 Å². The van der Waals surface area contributed by atoms with Gasteiger partial charge in [0.25, 0.3) is 0 Å². The van der Waals surface area contributed by atoms with Crippen LogP contribution in [0.1, 0.15) is 38.5 Å². The third kappa shape index (κ3) is 6.07. The van der Waals surface area contributed by atoms with E-state index >= 15 is 0 Å². The van der Waals surface area contributed by atoms with Crippen LogP contribution >= 0.6 is 0 Å². The first-order chi connectivity index (χ1) is 14.2. The van der Waals surface area contributed by atoms with Crippen molar-refractivity contribution < 1.29 is 13.7 Å². The molecule has 0 bridgehead atoms. The normalized spacial score (nSPS) is 16.0. The maximum Gasteiger partial charge on any atom is 0.162 e. The maximum atomic E-state index is 14.2. The molecule has 2 heterocycles. The van der Waals surface area contributed by atoms with Crippen LogP contribution in [0.15, 0.2) is 63.1 Å². The van der Waals surface area contributed by atoms with Crippen LogP contribution in [0.3, 0.4) is 0 Å². The molecule has 0 amide bonds. The van der Waals surface area contributed by atoms with Crippen molar-refractivity contribution in [1.29, 1.82) is 5.41 Å². The van der Waals surface area contributed by atoms with Gasteiger partial charge in [0.15, 0.2) is 5.83 Å². The van der Waals surface area contributed by atoms with Gasteiger partial charge in [-0.05, 0) is 26.8 Å². The van der Waals surface area contributed by atoms with Gasteiger partial charge in [-0.2, -0.15) is 0 Å². The molecule has 1 aliphatic heterocycles. The van der Waals surface area contributed by atoms with Crippen molar-refractivity contribution >= 4 is 12.1 Å². The minimum Gasteiger partial charge on any atom is -0.493 e. The van der Waals surface area contributed by atoms with Gasteiger partial charge in [-0.15, -0.1) is 0 Å². The lowest BCUT2D eigenvalue weighted by Crippen LogP contribution is -2.29. The molecule has 1 aliphatic rings. The summed E-state index contributed by atoms with van der Waals surface area (Å²) in [5.41, 5.74) is 12.9. The standard InChI is InChI=1S/C21H29FN6O2/c1-13(2)29-15(4)17(22)9-19(25)14(3)18(24)5-6-21(26-12-23)28-8-7-20-16(11-28)10-27-30-20/h6,9-10,12-13,24H,3,5,7-8,11,25H2,1-2,4H3,(H2,23,26)/b17-15-,19-9+,21-6+,24-18?. The number of hydrogen-bond acceptors (Lipinski definition) is 7. The van der Waals surface area contributed by atoms with Crippen LogP contribution in [0, 0.1) is 5.41 Å².